The van der Waals surface area contributed by atoms with E-state index in [1.165, 1.54) is 32.6 Å². The Hall–Kier alpha value is -2.50. The Morgan fingerprint density at radius 3 is 2.34 bits per heavy atom. The summed E-state index contributed by atoms with van der Waals surface area (Å²) in [5, 5.41) is 43.9. The molecule has 7 aliphatic heterocycles. The number of hydrogen-bond acceptors (Lipinski definition) is 13. The van der Waals surface area contributed by atoms with Gasteiger partial charge in [0.1, 0.15) is 18.3 Å². The van der Waals surface area contributed by atoms with Crippen LogP contribution in [0.5, 0.6) is 0 Å². The fourth-order valence-corrected chi connectivity index (χ4v) is 12.9. The number of carbonyl (C=O) groups excluding carboxylic acids is 1. The molecule has 0 aromatic heterocycles. The Morgan fingerprint density at radius 2 is 1.61 bits per heavy atom. The second-order valence-corrected chi connectivity index (χ2v) is 24.0. The van der Waals surface area contributed by atoms with Gasteiger partial charge in [-0.25, -0.2) is 4.79 Å². The molecule has 0 aliphatic carbocycles. The van der Waals surface area contributed by atoms with Gasteiger partial charge in [0.25, 0.3) is 0 Å². The van der Waals surface area contributed by atoms with Crippen LogP contribution in [0.4, 0.5) is 0 Å². The molecule has 0 aromatic rings. The molecule has 0 saturated carbocycles. The maximum Gasteiger partial charge on any atom is 0.335 e. The van der Waals surface area contributed by atoms with E-state index in [-0.39, 0.29) is 49.0 Å². The fourth-order valence-electron chi connectivity index (χ4n) is 12.9. The lowest BCUT2D eigenvalue weighted by Gasteiger charge is -2.50. The first-order valence-electron chi connectivity index (χ1n) is 29.3. The molecule has 3 spiro atoms. The third-order valence-electron chi connectivity index (χ3n) is 17.4. The lowest BCUT2D eigenvalue weighted by molar-refractivity contribution is -0.322. The normalized spacial score (nSPS) is 37.7. The minimum Gasteiger partial charge on any atom is -0.479 e. The zero-order valence-corrected chi connectivity index (χ0v) is 46.1. The smallest absolute Gasteiger partial charge is 0.335 e. The van der Waals surface area contributed by atoms with E-state index in [0.717, 1.165) is 89.2 Å². The molecule has 420 valence electrons. The highest BCUT2D eigenvalue weighted by atomic mass is 16.7. The predicted molar refractivity (Wildman–Crippen MR) is 282 cm³/mol. The molecular formula is C60H96O14. The van der Waals surface area contributed by atoms with Gasteiger partial charge >= 0.3 is 11.9 Å². The summed E-state index contributed by atoms with van der Waals surface area (Å²) in [6.45, 7) is 16.9. The van der Waals surface area contributed by atoms with E-state index in [1.54, 1.807) is 0 Å². The molecule has 0 unspecified atom stereocenters. The van der Waals surface area contributed by atoms with Crippen LogP contribution in [-0.4, -0.2) is 123 Å². The largest absolute Gasteiger partial charge is 0.479 e. The third-order valence-corrected chi connectivity index (χ3v) is 17.4. The zero-order valence-electron chi connectivity index (χ0n) is 46.1. The molecule has 6 saturated heterocycles. The molecule has 0 aromatic carbocycles. The first kappa shape index (κ1) is 59.2. The third kappa shape index (κ3) is 15.4. The van der Waals surface area contributed by atoms with Crippen molar-refractivity contribution in [1.29, 1.82) is 0 Å². The van der Waals surface area contributed by atoms with Gasteiger partial charge in [-0.1, -0.05) is 103 Å². The van der Waals surface area contributed by atoms with Gasteiger partial charge in [-0.15, -0.1) is 0 Å². The van der Waals surface area contributed by atoms with Crippen molar-refractivity contribution in [3.8, 4) is 0 Å². The Balaban J connectivity index is 0.902. The number of carboxylic acid groups (broad SMARTS) is 1. The first-order chi connectivity index (χ1) is 35.4. The van der Waals surface area contributed by atoms with Crippen molar-refractivity contribution in [2.75, 3.05) is 6.61 Å². The number of allylic oxidation sites excluding steroid dienone is 2. The molecule has 7 heterocycles. The van der Waals surface area contributed by atoms with Crippen molar-refractivity contribution >= 4 is 11.9 Å². The van der Waals surface area contributed by atoms with E-state index >= 15 is 0 Å². The lowest BCUT2D eigenvalue weighted by Crippen LogP contribution is -2.60. The predicted octanol–water partition coefficient (Wildman–Crippen LogP) is 11.0. The molecule has 0 radical (unpaired) electrons. The lowest BCUT2D eigenvalue weighted by atomic mass is 9.79. The van der Waals surface area contributed by atoms with Crippen molar-refractivity contribution in [3.05, 3.63) is 48.1 Å². The van der Waals surface area contributed by atoms with Crippen molar-refractivity contribution in [3.63, 3.8) is 0 Å². The molecule has 0 bridgehead atoms. The number of fused-ring (bicyclic) bond motifs is 1. The second kappa shape index (κ2) is 26.9. The van der Waals surface area contributed by atoms with Gasteiger partial charge in [0.15, 0.2) is 23.3 Å². The average molecular weight is 1040 g/mol. The number of unbranched alkanes of at least 4 members (excludes halogenated alkanes) is 9. The number of hydrogen-bond donors (Lipinski definition) is 4. The van der Waals surface area contributed by atoms with Gasteiger partial charge in [-0.05, 0) is 127 Å². The Kier molecular flexibility index (Phi) is 21.5. The summed E-state index contributed by atoms with van der Waals surface area (Å²) < 4.78 is 52.5. The number of ether oxygens (including phenoxy) is 8. The van der Waals surface area contributed by atoms with Gasteiger partial charge in [0, 0.05) is 44.4 Å². The van der Waals surface area contributed by atoms with Gasteiger partial charge in [-0.2, -0.15) is 0 Å². The summed E-state index contributed by atoms with van der Waals surface area (Å²) in [7, 11) is 0. The highest BCUT2D eigenvalue weighted by Crippen LogP contribution is 2.48. The molecule has 17 atom stereocenters. The van der Waals surface area contributed by atoms with Crippen LogP contribution in [0.3, 0.4) is 0 Å². The average Bonchev–Trinajstić information content (AvgIpc) is 3.76. The summed E-state index contributed by atoms with van der Waals surface area (Å²) in [6.07, 6.45) is 26.7. The Morgan fingerprint density at radius 1 is 0.892 bits per heavy atom. The number of aliphatic hydroxyl groups excluding tert-OH is 2. The van der Waals surface area contributed by atoms with Crippen LogP contribution < -0.4 is 0 Å². The van der Waals surface area contributed by atoms with Crippen molar-refractivity contribution < 1.29 is 67.9 Å². The number of carbonyl (C=O) groups is 2. The zero-order chi connectivity index (χ0) is 53.1. The van der Waals surface area contributed by atoms with E-state index in [0.29, 0.717) is 62.9 Å². The standard InChI is InChI=1S/C60H96O14/c1-8-9-10-11-12-13-14-15-16-17-18-19-20-23-51(62)69-50-27-26-46(39-57(7,66)56(64)65)71-60(50)38-40(2)36-49(72-60)41(3)24-25-45-29-33-59(70-45)34-30-48-55(74-59)52(63)44(6)54(68-48)47(61)37-43(5)53-42(4)28-32-58(73-53)31-21-22-35-67-58/h13-14,24-25,38,41-43,45-50,52-55,61,63,66H,6,8-12,15-23,26-37,39H2,1-5,7H3,(H,64,65)/b14-13-,25-24?/t41-,42-,43+,45+,46+,47+,48-,49+,50-,52-,53+,54+,55-,57-,58+,59-,60-/m1/s1. The van der Waals surface area contributed by atoms with E-state index < -0.39 is 71.7 Å². The summed E-state index contributed by atoms with van der Waals surface area (Å²) in [5.74, 6) is -4.27. The molecule has 0 amide bonds. The molecule has 7 aliphatic rings. The van der Waals surface area contributed by atoms with Crippen LogP contribution in [0.25, 0.3) is 0 Å². The van der Waals surface area contributed by atoms with Crippen LogP contribution >= 0.6 is 0 Å². The minimum absolute atomic E-state index is 0.0386. The Bertz CT molecular complexity index is 1910. The van der Waals surface area contributed by atoms with E-state index in [9.17, 15) is 30.0 Å². The van der Waals surface area contributed by atoms with Crippen molar-refractivity contribution in [2.45, 2.75) is 292 Å². The van der Waals surface area contributed by atoms with Crippen LogP contribution in [0.2, 0.25) is 0 Å². The molecule has 6 fully saturated rings. The van der Waals surface area contributed by atoms with Gasteiger partial charge < -0.3 is 58.3 Å². The van der Waals surface area contributed by atoms with Crippen molar-refractivity contribution in [2.24, 2.45) is 17.8 Å². The number of carboxylic acids is 1. The Labute approximate surface area is 443 Å². The molecule has 7 rings (SSSR count). The number of rotatable bonds is 24. The van der Waals surface area contributed by atoms with Crippen LogP contribution in [0, 0.1) is 17.8 Å². The SMILES string of the molecule is C=C1[C@@H](O)[C@@H]2O[C@]3(CC[C@H](C=C[C@@H](C)[C@@H]4CC(C)=C[C@@]5(O[C@H](C[C@@](C)(O)C(=O)O)CC[C@H]5OC(=O)CCCCCCC/C=C\CCCCCC)O4)O3)CC[C@H]2O[C@@H]1[C@@H](O)C[C@H](C)[C@H]1O[C@@]2(CCCCO2)CC[C@H]1C. The molecular weight excluding hydrogens is 945 g/mol. The highest BCUT2D eigenvalue weighted by Gasteiger charge is 2.55. The maximum atomic E-state index is 13.4. The summed E-state index contributed by atoms with van der Waals surface area (Å²) >= 11 is 0. The summed E-state index contributed by atoms with van der Waals surface area (Å²) in [6, 6.07) is 0. The topological polar surface area (TPSA) is 189 Å². The quantitative estimate of drug-likeness (QED) is 0.0406. The van der Waals surface area contributed by atoms with Crippen LogP contribution in [0.1, 0.15) is 208 Å². The van der Waals surface area contributed by atoms with Crippen molar-refractivity contribution in [1.82, 2.24) is 0 Å². The number of aliphatic carboxylic acids is 1. The highest BCUT2D eigenvalue weighted by molar-refractivity contribution is 5.76. The van der Waals surface area contributed by atoms with Gasteiger partial charge in [0.2, 0.25) is 5.79 Å². The minimum atomic E-state index is -2.01. The molecule has 74 heavy (non-hydrogen) atoms. The van der Waals surface area contributed by atoms with Gasteiger partial charge in [0.05, 0.1) is 43.2 Å². The second-order valence-electron chi connectivity index (χ2n) is 24.0. The van der Waals surface area contributed by atoms with E-state index in [1.807, 2.05) is 13.0 Å². The van der Waals surface area contributed by atoms with Crippen LogP contribution in [-0.2, 0) is 47.5 Å². The molecule has 14 nitrogen and oxygen atoms in total. The van der Waals surface area contributed by atoms with Crippen LogP contribution in [0.15, 0.2) is 48.1 Å². The number of aliphatic hydroxyl groups is 3. The number of esters is 1. The fraction of sp³-hybridized carbons (Fsp3) is 0.833. The van der Waals surface area contributed by atoms with E-state index in [4.69, 9.17) is 37.9 Å². The summed E-state index contributed by atoms with van der Waals surface area (Å²) in [5.41, 5.74) is -0.603. The monoisotopic (exact) mass is 1040 g/mol. The van der Waals surface area contributed by atoms with E-state index in [2.05, 4.69) is 58.6 Å². The maximum absolute atomic E-state index is 13.4. The first-order valence-corrected chi connectivity index (χ1v) is 29.3. The molecule has 14 heteroatoms. The summed E-state index contributed by atoms with van der Waals surface area (Å²) in [4.78, 5) is 25.4. The van der Waals surface area contributed by atoms with Gasteiger partial charge in [-0.3, -0.25) is 4.79 Å². The molecule has 4 N–H and O–H groups in total.